The molecule has 0 spiro atoms. The van der Waals surface area contributed by atoms with Gasteiger partial charge in [-0.3, -0.25) is 0 Å². The van der Waals surface area contributed by atoms with Gasteiger partial charge in [0.15, 0.2) is 0 Å². The lowest BCUT2D eigenvalue weighted by Gasteiger charge is -2.08. The number of halogens is 5. The van der Waals surface area contributed by atoms with E-state index in [2.05, 4.69) is 15.3 Å². The van der Waals surface area contributed by atoms with Crippen LogP contribution in [0, 0.1) is 0 Å². The van der Waals surface area contributed by atoms with E-state index >= 15 is 0 Å². The highest BCUT2D eigenvalue weighted by Gasteiger charge is 2.32. The Morgan fingerprint density at radius 3 is 2.65 bits per heavy atom. The van der Waals surface area contributed by atoms with E-state index in [0.717, 1.165) is 23.0 Å². The molecule has 2 heterocycles. The summed E-state index contributed by atoms with van der Waals surface area (Å²) in [7, 11) is 1.68. The molecule has 0 aliphatic rings. The number of aromatic amines is 1. The minimum Gasteiger partial charge on any atom is -0.359 e. The first-order chi connectivity index (χ1) is 12.2. The molecule has 0 aliphatic heterocycles. The van der Waals surface area contributed by atoms with E-state index in [1.165, 1.54) is 0 Å². The highest BCUT2D eigenvalue weighted by Crippen LogP contribution is 2.36. The monoisotopic (exact) mass is 398 g/mol. The van der Waals surface area contributed by atoms with Crippen LogP contribution in [0.4, 0.5) is 24.8 Å². The number of alkyl halides is 3. The van der Waals surface area contributed by atoms with Gasteiger partial charge < -0.3 is 14.9 Å². The molecule has 0 atom stereocenters. The van der Waals surface area contributed by atoms with Crippen LogP contribution in [0.5, 0.6) is 0 Å². The average molecular weight is 399 g/mol. The van der Waals surface area contributed by atoms with Gasteiger partial charge in [0.25, 0.3) is 0 Å². The second-order valence-electron chi connectivity index (χ2n) is 5.84. The van der Waals surface area contributed by atoms with Crippen LogP contribution in [-0.4, -0.2) is 14.5 Å². The molecule has 0 aliphatic carbocycles. The van der Waals surface area contributed by atoms with E-state index in [9.17, 15) is 13.2 Å². The van der Waals surface area contributed by atoms with E-state index in [-0.39, 0.29) is 10.5 Å². The number of nitrogens with one attached hydrogen (secondary N) is 2. The van der Waals surface area contributed by atoms with Crippen molar-refractivity contribution in [2.45, 2.75) is 6.18 Å². The van der Waals surface area contributed by atoms with Crippen LogP contribution in [0.15, 0.2) is 36.5 Å². The molecule has 0 saturated carbocycles. The highest BCUT2D eigenvalue weighted by atomic mass is 35.5. The first-order valence-corrected chi connectivity index (χ1v) is 8.26. The minimum absolute atomic E-state index is 0.0140. The number of nitrogens with zero attached hydrogens (tertiary/aromatic N) is 2. The van der Waals surface area contributed by atoms with Crippen molar-refractivity contribution < 1.29 is 13.2 Å². The van der Waals surface area contributed by atoms with Gasteiger partial charge in [-0.05, 0) is 30.3 Å². The summed E-state index contributed by atoms with van der Waals surface area (Å²) < 4.78 is 40.6. The quantitative estimate of drug-likeness (QED) is 0.426. The topological polar surface area (TPSA) is 45.6 Å². The Labute approximate surface area is 155 Å². The number of hydrogen-bond donors (Lipinski definition) is 2. The Morgan fingerprint density at radius 2 is 1.92 bits per heavy atom. The van der Waals surface area contributed by atoms with Crippen molar-refractivity contribution in [3.8, 4) is 0 Å². The third kappa shape index (κ3) is 2.77. The van der Waals surface area contributed by atoms with Crippen molar-refractivity contribution in [2.24, 2.45) is 7.05 Å². The molecule has 0 saturated heterocycles. The molecule has 4 aromatic rings. The lowest BCUT2D eigenvalue weighted by molar-refractivity contribution is -0.137. The largest absolute Gasteiger partial charge is 0.416 e. The number of aryl methyl sites for hydroxylation is 1. The Bertz CT molecular complexity index is 1140. The van der Waals surface area contributed by atoms with E-state index in [1.54, 1.807) is 29.9 Å². The SMILES string of the molecule is Cn1c(Nc2c[nH]c3ccc(Cl)cc23)nc2cc(C(F)(F)F)cc(Cl)c21. The lowest BCUT2D eigenvalue weighted by atomic mass is 10.2. The third-order valence-corrected chi connectivity index (χ3v) is 4.66. The maximum absolute atomic E-state index is 13.0. The number of anilines is 2. The van der Waals surface area contributed by atoms with Gasteiger partial charge in [-0.2, -0.15) is 13.2 Å². The van der Waals surface area contributed by atoms with E-state index in [4.69, 9.17) is 23.2 Å². The zero-order chi connectivity index (χ0) is 18.6. The molecule has 134 valence electrons. The van der Waals surface area contributed by atoms with Crippen LogP contribution in [0.2, 0.25) is 10.0 Å². The Kier molecular flexibility index (Phi) is 3.82. The van der Waals surface area contributed by atoms with Gasteiger partial charge in [0.1, 0.15) is 0 Å². The predicted molar refractivity (Wildman–Crippen MR) is 97.3 cm³/mol. The smallest absolute Gasteiger partial charge is 0.359 e. The molecule has 2 N–H and O–H groups in total. The van der Waals surface area contributed by atoms with Crippen molar-refractivity contribution in [2.75, 3.05) is 5.32 Å². The molecule has 0 amide bonds. The second kappa shape index (κ2) is 5.82. The molecule has 0 bridgehead atoms. The third-order valence-electron chi connectivity index (χ3n) is 4.14. The Morgan fingerprint density at radius 1 is 1.15 bits per heavy atom. The first kappa shape index (κ1) is 17.1. The van der Waals surface area contributed by atoms with Crippen LogP contribution < -0.4 is 5.32 Å². The number of aromatic nitrogens is 3. The first-order valence-electron chi connectivity index (χ1n) is 7.51. The van der Waals surface area contributed by atoms with Crippen molar-refractivity contribution in [1.29, 1.82) is 0 Å². The number of imidazole rings is 1. The number of rotatable bonds is 2. The molecule has 9 heteroatoms. The van der Waals surface area contributed by atoms with Crippen molar-refractivity contribution in [3.05, 3.63) is 52.1 Å². The maximum Gasteiger partial charge on any atom is 0.416 e. The number of fused-ring (bicyclic) bond motifs is 2. The summed E-state index contributed by atoms with van der Waals surface area (Å²) in [5.74, 6) is 0.363. The summed E-state index contributed by atoms with van der Waals surface area (Å²) in [5, 5.41) is 4.52. The van der Waals surface area contributed by atoms with Crippen molar-refractivity contribution in [1.82, 2.24) is 14.5 Å². The van der Waals surface area contributed by atoms with E-state index in [0.29, 0.717) is 22.2 Å². The van der Waals surface area contributed by atoms with Gasteiger partial charge in [-0.1, -0.05) is 23.2 Å². The fraction of sp³-hybridized carbons (Fsp3) is 0.118. The van der Waals surface area contributed by atoms with Crippen molar-refractivity contribution in [3.63, 3.8) is 0 Å². The van der Waals surface area contributed by atoms with Gasteiger partial charge >= 0.3 is 6.18 Å². The normalized spacial score (nSPS) is 12.2. The molecule has 26 heavy (non-hydrogen) atoms. The second-order valence-corrected chi connectivity index (χ2v) is 6.68. The Balaban J connectivity index is 1.83. The fourth-order valence-corrected chi connectivity index (χ4v) is 3.40. The predicted octanol–water partition coefficient (Wildman–Crippen LogP) is 6.12. The molecule has 4 rings (SSSR count). The van der Waals surface area contributed by atoms with Gasteiger partial charge in [0.05, 0.1) is 27.3 Å². The molecule has 2 aromatic heterocycles. The van der Waals surface area contributed by atoms with Crippen LogP contribution in [0.3, 0.4) is 0 Å². The molecule has 0 radical (unpaired) electrons. The minimum atomic E-state index is -4.49. The summed E-state index contributed by atoms with van der Waals surface area (Å²) in [6.07, 6.45) is -2.75. The average Bonchev–Trinajstić information content (AvgIpc) is 3.09. The van der Waals surface area contributed by atoms with Crippen LogP contribution in [0.25, 0.3) is 21.9 Å². The maximum atomic E-state index is 13.0. The molecule has 2 aromatic carbocycles. The van der Waals surface area contributed by atoms with Crippen LogP contribution in [0.1, 0.15) is 5.56 Å². The van der Waals surface area contributed by atoms with E-state index in [1.807, 2.05) is 6.07 Å². The van der Waals surface area contributed by atoms with Crippen LogP contribution in [-0.2, 0) is 13.2 Å². The molecular weight excluding hydrogens is 388 g/mol. The van der Waals surface area contributed by atoms with Crippen molar-refractivity contribution >= 4 is 56.8 Å². The summed E-state index contributed by atoms with van der Waals surface area (Å²) in [6, 6.07) is 7.27. The van der Waals surface area contributed by atoms with Gasteiger partial charge in [0.2, 0.25) is 5.95 Å². The van der Waals surface area contributed by atoms with E-state index < -0.39 is 11.7 Å². The van der Waals surface area contributed by atoms with Gasteiger partial charge in [-0.25, -0.2) is 4.98 Å². The standard InChI is InChI=1S/C17H11Cl2F3N4/c1-26-15-11(19)4-8(17(20,21)22)5-13(15)24-16(26)25-14-7-23-12-3-2-9(18)6-10(12)14/h2-7,23H,1H3,(H,24,25). The fourth-order valence-electron chi connectivity index (χ4n) is 2.89. The van der Waals surface area contributed by atoms with Crippen LogP contribution >= 0.6 is 23.2 Å². The highest BCUT2D eigenvalue weighted by molar-refractivity contribution is 6.35. The lowest BCUT2D eigenvalue weighted by Crippen LogP contribution is -2.04. The zero-order valence-electron chi connectivity index (χ0n) is 13.2. The number of H-pyrrole nitrogens is 1. The molecule has 4 nitrogen and oxygen atoms in total. The number of hydrogen-bond acceptors (Lipinski definition) is 2. The number of benzene rings is 2. The zero-order valence-corrected chi connectivity index (χ0v) is 14.8. The summed E-state index contributed by atoms with van der Waals surface area (Å²) in [6.45, 7) is 0. The van der Waals surface area contributed by atoms with Gasteiger partial charge in [-0.15, -0.1) is 0 Å². The Hall–Kier alpha value is -2.38. The molecular formula is C17H11Cl2F3N4. The summed E-state index contributed by atoms with van der Waals surface area (Å²) in [5.41, 5.74) is 1.31. The molecule has 0 unspecified atom stereocenters. The summed E-state index contributed by atoms with van der Waals surface area (Å²) in [4.78, 5) is 7.37. The molecule has 0 fully saturated rings. The summed E-state index contributed by atoms with van der Waals surface area (Å²) >= 11 is 12.1. The van der Waals surface area contributed by atoms with Gasteiger partial charge in [0, 0.05) is 29.2 Å².